The summed E-state index contributed by atoms with van der Waals surface area (Å²) in [4.78, 5) is 20.4. The normalized spacial score (nSPS) is 11.3. The van der Waals surface area contributed by atoms with E-state index in [1.54, 1.807) is 0 Å². The molecule has 0 spiro atoms. The van der Waals surface area contributed by atoms with Crippen LogP contribution in [0, 0.1) is 0 Å². The molecular formula is C56H36N4O. The van der Waals surface area contributed by atoms with Gasteiger partial charge in [-0.15, -0.1) is 0 Å². The first kappa shape index (κ1) is 35.8. The molecule has 0 fully saturated rings. The zero-order chi connectivity index (χ0) is 40.5. The molecule has 5 nitrogen and oxygen atoms in total. The number of benzene rings is 8. The van der Waals surface area contributed by atoms with E-state index < -0.39 is 0 Å². The summed E-state index contributed by atoms with van der Waals surface area (Å²) in [5.41, 5.74) is 13.8. The van der Waals surface area contributed by atoms with E-state index in [0.29, 0.717) is 17.5 Å². The molecule has 11 rings (SSSR count). The lowest BCUT2D eigenvalue weighted by molar-refractivity contribution is 0.632. The van der Waals surface area contributed by atoms with Crippen molar-refractivity contribution < 1.29 is 4.42 Å². The highest BCUT2D eigenvalue weighted by Gasteiger charge is 2.24. The second kappa shape index (κ2) is 15.5. The molecule has 61 heavy (non-hydrogen) atoms. The van der Waals surface area contributed by atoms with Gasteiger partial charge in [-0.3, -0.25) is 0 Å². The second-order valence-corrected chi connectivity index (χ2v) is 15.0. The number of furan rings is 1. The van der Waals surface area contributed by atoms with Gasteiger partial charge in [0.15, 0.2) is 23.1 Å². The fraction of sp³-hybridized carbons (Fsp3) is 0. The topological polar surface area (TPSA) is 64.7 Å². The molecule has 0 bridgehead atoms. The number of aromatic nitrogens is 4. The molecule has 0 N–H and O–H groups in total. The summed E-state index contributed by atoms with van der Waals surface area (Å²) in [7, 11) is 0. The SMILES string of the molecule is c1ccc(-c2ccc(-c3nc(-c4ccc(-c5ccccc5)cc4)nc(-c4ccc(-c5c(-c6ccccc6)oc6c(-c7ccccc7)nc7ccccc7c56)cc4)n3)cc2)cc1. The Kier molecular flexibility index (Phi) is 9.10. The van der Waals surface area contributed by atoms with Crippen LogP contribution in [-0.2, 0) is 0 Å². The zero-order valence-electron chi connectivity index (χ0n) is 33.0. The van der Waals surface area contributed by atoms with Gasteiger partial charge in [0, 0.05) is 44.2 Å². The molecule has 5 heteroatoms. The van der Waals surface area contributed by atoms with Gasteiger partial charge in [-0.05, 0) is 33.9 Å². The van der Waals surface area contributed by atoms with E-state index in [4.69, 9.17) is 24.4 Å². The Morgan fingerprint density at radius 3 is 1.11 bits per heavy atom. The van der Waals surface area contributed by atoms with Crippen molar-refractivity contribution in [3.05, 3.63) is 218 Å². The molecule has 3 aromatic heterocycles. The third kappa shape index (κ3) is 6.84. The Balaban J connectivity index is 1.05. The van der Waals surface area contributed by atoms with Crippen LogP contribution in [0.25, 0.3) is 112 Å². The van der Waals surface area contributed by atoms with Crippen LogP contribution in [0.2, 0.25) is 0 Å². The fourth-order valence-corrected chi connectivity index (χ4v) is 8.10. The lowest BCUT2D eigenvalue weighted by Gasteiger charge is -2.11. The van der Waals surface area contributed by atoms with E-state index in [9.17, 15) is 0 Å². The van der Waals surface area contributed by atoms with Gasteiger partial charge >= 0.3 is 0 Å². The van der Waals surface area contributed by atoms with Crippen LogP contribution in [0.15, 0.2) is 223 Å². The molecule has 0 aliphatic heterocycles. The maximum atomic E-state index is 6.96. The molecule has 0 saturated carbocycles. The Labute approximate surface area is 353 Å². The number of nitrogens with zero attached hydrogens (tertiary/aromatic N) is 4. The average Bonchev–Trinajstić information content (AvgIpc) is 3.76. The minimum Gasteiger partial charge on any atom is -0.453 e. The summed E-state index contributed by atoms with van der Waals surface area (Å²) in [6.45, 7) is 0. The lowest BCUT2D eigenvalue weighted by atomic mass is 9.95. The summed E-state index contributed by atoms with van der Waals surface area (Å²) in [5.74, 6) is 2.60. The standard InChI is InChI=1S/C56H36N4O/c1-5-15-37(16-6-1)39-25-31-44(32-26-39)54-58-55(45-33-27-40(28-34-45)38-17-7-2-8-18-38)60-56(59-54)46-35-29-41(30-36-46)49-50-47-23-13-14-24-48(47)57-51(42-19-9-3-10-20-42)53(50)61-52(49)43-21-11-4-12-22-43/h1-36H. The maximum absolute atomic E-state index is 6.96. The minimum absolute atomic E-state index is 0.590. The molecule has 0 amide bonds. The first-order chi connectivity index (χ1) is 30.2. The molecule has 0 aliphatic carbocycles. The Bertz CT molecular complexity index is 3190. The number of rotatable bonds is 8. The van der Waals surface area contributed by atoms with Gasteiger partial charge < -0.3 is 4.42 Å². The van der Waals surface area contributed by atoms with E-state index >= 15 is 0 Å². The van der Waals surface area contributed by atoms with Crippen molar-refractivity contribution in [3.8, 4) is 90.1 Å². The van der Waals surface area contributed by atoms with E-state index in [1.165, 1.54) is 0 Å². The molecule has 8 aromatic carbocycles. The Morgan fingerprint density at radius 1 is 0.279 bits per heavy atom. The summed E-state index contributed by atoms with van der Waals surface area (Å²) < 4.78 is 6.96. The van der Waals surface area contributed by atoms with E-state index in [2.05, 4.69) is 164 Å². The van der Waals surface area contributed by atoms with Gasteiger partial charge in [-0.1, -0.05) is 212 Å². The van der Waals surface area contributed by atoms with E-state index in [0.717, 1.165) is 94.5 Å². The van der Waals surface area contributed by atoms with Crippen molar-refractivity contribution in [1.29, 1.82) is 0 Å². The predicted octanol–water partition coefficient (Wildman–Crippen LogP) is 14.5. The van der Waals surface area contributed by atoms with Gasteiger partial charge in [0.05, 0.1) is 5.52 Å². The summed E-state index contributed by atoms with van der Waals surface area (Å²) in [5, 5.41) is 2.06. The van der Waals surface area contributed by atoms with Crippen molar-refractivity contribution in [1.82, 2.24) is 19.9 Å². The van der Waals surface area contributed by atoms with Crippen molar-refractivity contribution in [2.75, 3.05) is 0 Å². The van der Waals surface area contributed by atoms with E-state index in [-0.39, 0.29) is 0 Å². The van der Waals surface area contributed by atoms with Crippen LogP contribution >= 0.6 is 0 Å². The summed E-state index contributed by atoms with van der Waals surface area (Å²) in [6.07, 6.45) is 0. The Hall–Kier alpha value is -8.28. The zero-order valence-corrected chi connectivity index (χ0v) is 33.0. The number of fused-ring (bicyclic) bond motifs is 3. The molecular weight excluding hydrogens is 745 g/mol. The number of hydrogen-bond donors (Lipinski definition) is 0. The Morgan fingerprint density at radius 2 is 0.639 bits per heavy atom. The van der Waals surface area contributed by atoms with Crippen molar-refractivity contribution in [2.24, 2.45) is 0 Å². The highest BCUT2D eigenvalue weighted by molar-refractivity contribution is 6.18. The third-order valence-corrected chi connectivity index (χ3v) is 11.2. The van der Waals surface area contributed by atoms with Gasteiger partial charge in [0.2, 0.25) is 0 Å². The number of para-hydroxylation sites is 1. The molecule has 0 atom stereocenters. The highest BCUT2D eigenvalue weighted by atomic mass is 16.3. The average molecular weight is 781 g/mol. The van der Waals surface area contributed by atoms with Crippen LogP contribution in [0.5, 0.6) is 0 Å². The van der Waals surface area contributed by atoms with E-state index in [1.807, 2.05) is 54.6 Å². The highest BCUT2D eigenvalue weighted by Crippen LogP contribution is 2.46. The molecule has 11 aromatic rings. The van der Waals surface area contributed by atoms with Crippen LogP contribution in [0.4, 0.5) is 0 Å². The number of pyridine rings is 1. The third-order valence-electron chi connectivity index (χ3n) is 11.2. The first-order valence-electron chi connectivity index (χ1n) is 20.4. The molecule has 0 aliphatic rings. The molecule has 0 saturated heterocycles. The van der Waals surface area contributed by atoms with Crippen LogP contribution in [-0.4, -0.2) is 19.9 Å². The quantitative estimate of drug-likeness (QED) is 0.154. The monoisotopic (exact) mass is 780 g/mol. The molecule has 3 heterocycles. The van der Waals surface area contributed by atoms with Gasteiger partial charge in [-0.25, -0.2) is 19.9 Å². The smallest absolute Gasteiger partial charge is 0.164 e. The maximum Gasteiger partial charge on any atom is 0.164 e. The van der Waals surface area contributed by atoms with Crippen LogP contribution in [0.3, 0.4) is 0 Å². The van der Waals surface area contributed by atoms with Crippen LogP contribution in [0.1, 0.15) is 0 Å². The minimum atomic E-state index is 0.590. The summed E-state index contributed by atoms with van der Waals surface area (Å²) in [6, 6.07) is 75.0. The van der Waals surface area contributed by atoms with Crippen molar-refractivity contribution in [3.63, 3.8) is 0 Å². The molecule has 286 valence electrons. The van der Waals surface area contributed by atoms with Crippen molar-refractivity contribution >= 4 is 21.9 Å². The summed E-state index contributed by atoms with van der Waals surface area (Å²) >= 11 is 0. The molecule has 0 unspecified atom stereocenters. The second-order valence-electron chi connectivity index (χ2n) is 15.0. The van der Waals surface area contributed by atoms with Gasteiger partial charge in [0.1, 0.15) is 11.5 Å². The fourth-order valence-electron chi connectivity index (χ4n) is 8.10. The number of hydrogen-bond acceptors (Lipinski definition) is 5. The predicted molar refractivity (Wildman–Crippen MR) is 248 cm³/mol. The van der Waals surface area contributed by atoms with Gasteiger partial charge in [0.25, 0.3) is 0 Å². The lowest BCUT2D eigenvalue weighted by Crippen LogP contribution is -2.00. The van der Waals surface area contributed by atoms with Crippen LogP contribution < -0.4 is 0 Å². The molecule has 0 radical (unpaired) electrons. The van der Waals surface area contributed by atoms with Crippen molar-refractivity contribution in [2.45, 2.75) is 0 Å². The largest absolute Gasteiger partial charge is 0.453 e. The van der Waals surface area contributed by atoms with Gasteiger partial charge in [-0.2, -0.15) is 0 Å². The first-order valence-corrected chi connectivity index (χ1v) is 20.4.